The van der Waals surface area contributed by atoms with Crippen molar-refractivity contribution < 1.29 is 0 Å². The Morgan fingerprint density at radius 3 is 2.50 bits per heavy atom. The molecule has 0 aliphatic rings. The van der Waals surface area contributed by atoms with Gasteiger partial charge in [0.25, 0.3) is 0 Å². The molecule has 0 nitrogen and oxygen atoms in total. The number of benzene rings is 1. The second-order valence-corrected chi connectivity index (χ2v) is 2.60. The van der Waals surface area contributed by atoms with Crippen LogP contribution in [0, 0.1) is 12.3 Å². The van der Waals surface area contributed by atoms with Crippen molar-refractivity contribution in [3.8, 4) is 12.3 Å². The zero-order valence-corrected chi connectivity index (χ0v) is 7.25. The molecule has 1 aromatic rings. The third-order valence-corrected chi connectivity index (χ3v) is 1.76. The van der Waals surface area contributed by atoms with E-state index in [1.165, 1.54) is 5.56 Å². The fraction of sp³-hybridized carbons (Fsp3) is 0.167. The summed E-state index contributed by atoms with van der Waals surface area (Å²) in [5.41, 5.74) is 2.51. The summed E-state index contributed by atoms with van der Waals surface area (Å²) < 4.78 is 0. The Morgan fingerprint density at radius 1 is 1.33 bits per heavy atom. The van der Waals surface area contributed by atoms with E-state index in [0.29, 0.717) is 0 Å². The molecule has 1 aromatic carbocycles. The van der Waals surface area contributed by atoms with Gasteiger partial charge in [-0.15, -0.1) is 6.42 Å². The highest BCUT2D eigenvalue weighted by atomic mass is 13.9. The van der Waals surface area contributed by atoms with Gasteiger partial charge in [0.05, 0.1) is 0 Å². The molecule has 0 saturated heterocycles. The van der Waals surface area contributed by atoms with Gasteiger partial charge in [0.15, 0.2) is 0 Å². The number of hydrogen-bond acceptors (Lipinski definition) is 0. The van der Waals surface area contributed by atoms with Gasteiger partial charge in [-0.2, -0.15) is 0 Å². The minimum Gasteiger partial charge on any atom is -0.115 e. The van der Waals surface area contributed by atoms with Crippen LogP contribution in [0.3, 0.4) is 0 Å². The van der Waals surface area contributed by atoms with E-state index in [1.54, 1.807) is 6.08 Å². The maximum atomic E-state index is 5.10. The van der Waals surface area contributed by atoms with Crippen LogP contribution in [-0.4, -0.2) is 0 Å². The highest BCUT2D eigenvalue weighted by molar-refractivity contribution is 5.52. The Morgan fingerprint density at radius 2 is 2.00 bits per heavy atom. The van der Waals surface area contributed by atoms with Crippen LogP contribution in [-0.2, 0) is 6.42 Å². The average molecular weight is 156 g/mol. The third-order valence-electron chi connectivity index (χ3n) is 1.76. The lowest BCUT2D eigenvalue weighted by atomic mass is 10.1. The van der Waals surface area contributed by atoms with Crippen LogP contribution in [0.5, 0.6) is 0 Å². The van der Waals surface area contributed by atoms with Gasteiger partial charge in [0.1, 0.15) is 0 Å². The van der Waals surface area contributed by atoms with E-state index in [2.05, 4.69) is 37.1 Å². The molecule has 1 rings (SSSR count). The van der Waals surface area contributed by atoms with Gasteiger partial charge in [-0.1, -0.05) is 37.1 Å². The van der Waals surface area contributed by atoms with E-state index in [1.807, 2.05) is 6.08 Å². The molecule has 0 spiro atoms. The summed E-state index contributed by atoms with van der Waals surface area (Å²) in [6, 6.07) is 8.39. The molecule has 0 heterocycles. The molecule has 0 N–H and O–H groups in total. The van der Waals surface area contributed by atoms with Crippen LogP contribution in [0.15, 0.2) is 30.3 Å². The quantitative estimate of drug-likeness (QED) is 0.577. The van der Waals surface area contributed by atoms with Crippen molar-refractivity contribution in [2.75, 3.05) is 0 Å². The molecule has 0 aliphatic heterocycles. The van der Waals surface area contributed by atoms with Crippen LogP contribution in [0.2, 0.25) is 0 Å². The first-order valence-corrected chi connectivity index (χ1v) is 4.08. The van der Waals surface area contributed by atoms with Crippen molar-refractivity contribution in [1.29, 1.82) is 0 Å². The van der Waals surface area contributed by atoms with Crippen molar-refractivity contribution in [3.05, 3.63) is 41.5 Å². The Kier molecular flexibility index (Phi) is 3.17. The first kappa shape index (κ1) is 8.62. The first-order valence-electron chi connectivity index (χ1n) is 4.08. The predicted molar refractivity (Wildman–Crippen MR) is 53.7 cm³/mol. The van der Waals surface area contributed by atoms with E-state index >= 15 is 0 Å². The summed E-state index contributed by atoms with van der Waals surface area (Å²) >= 11 is 0. The van der Waals surface area contributed by atoms with Crippen molar-refractivity contribution in [1.82, 2.24) is 0 Å². The van der Waals surface area contributed by atoms with Crippen molar-refractivity contribution in [3.63, 3.8) is 0 Å². The molecule has 0 saturated carbocycles. The van der Waals surface area contributed by atoms with Crippen molar-refractivity contribution in [2.45, 2.75) is 13.3 Å². The molecule has 60 valence electrons. The van der Waals surface area contributed by atoms with Crippen LogP contribution in [0.25, 0.3) is 6.08 Å². The lowest BCUT2D eigenvalue weighted by Crippen LogP contribution is -1.78. The average Bonchev–Trinajstić information content (AvgIpc) is 2.15. The number of hydrogen-bond donors (Lipinski definition) is 0. The van der Waals surface area contributed by atoms with Gasteiger partial charge in [0, 0.05) is 0 Å². The highest BCUT2D eigenvalue weighted by Gasteiger charge is 1.87. The van der Waals surface area contributed by atoms with E-state index in [4.69, 9.17) is 6.42 Å². The Bertz CT molecular complexity index is 296. The smallest absolute Gasteiger partial charge is 0.0116 e. The molecule has 0 unspecified atom stereocenters. The molecule has 0 heteroatoms. The molecule has 12 heavy (non-hydrogen) atoms. The largest absolute Gasteiger partial charge is 0.115 e. The second-order valence-electron chi connectivity index (χ2n) is 2.60. The lowest BCUT2D eigenvalue weighted by molar-refractivity contribution is 1.14. The summed E-state index contributed by atoms with van der Waals surface area (Å²) in [4.78, 5) is 0. The first-order chi connectivity index (χ1) is 5.86. The predicted octanol–water partition coefficient (Wildman–Crippen LogP) is 2.90. The van der Waals surface area contributed by atoms with Crippen molar-refractivity contribution >= 4 is 6.08 Å². The van der Waals surface area contributed by atoms with Gasteiger partial charge in [0.2, 0.25) is 0 Å². The number of terminal acetylenes is 1. The Hall–Kier alpha value is -1.48. The van der Waals surface area contributed by atoms with E-state index in [9.17, 15) is 0 Å². The fourth-order valence-electron chi connectivity index (χ4n) is 1.01. The standard InChI is InChI=1S/C12H12/c1-3-5-6-12-9-7-11(4-2)8-10-12/h1,5-10H,4H2,2H3. The minimum atomic E-state index is 1.08. The highest BCUT2D eigenvalue weighted by Crippen LogP contribution is 2.06. The molecule has 0 aliphatic carbocycles. The Balaban J connectivity index is 2.79. The summed E-state index contributed by atoms with van der Waals surface area (Å²) in [7, 11) is 0. The third kappa shape index (κ3) is 2.29. The number of aryl methyl sites for hydroxylation is 1. The zero-order valence-electron chi connectivity index (χ0n) is 7.25. The molecule has 0 aromatic heterocycles. The zero-order chi connectivity index (χ0) is 8.81. The summed E-state index contributed by atoms with van der Waals surface area (Å²) in [6.07, 6.45) is 9.82. The molecule has 0 bridgehead atoms. The van der Waals surface area contributed by atoms with Crippen LogP contribution in [0.4, 0.5) is 0 Å². The number of allylic oxidation sites excluding steroid dienone is 1. The van der Waals surface area contributed by atoms with E-state index in [-0.39, 0.29) is 0 Å². The molecular weight excluding hydrogens is 144 g/mol. The molecular formula is C12H12. The van der Waals surface area contributed by atoms with Gasteiger partial charge in [-0.25, -0.2) is 0 Å². The van der Waals surface area contributed by atoms with Crippen LogP contribution >= 0.6 is 0 Å². The second kappa shape index (κ2) is 4.41. The lowest BCUT2D eigenvalue weighted by Gasteiger charge is -1.95. The van der Waals surface area contributed by atoms with Gasteiger partial charge in [-0.3, -0.25) is 0 Å². The van der Waals surface area contributed by atoms with Crippen molar-refractivity contribution in [2.24, 2.45) is 0 Å². The molecule has 0 fully saturated rings. The molecule has 0 atom stereocenters. The van der Waals surface area contributed by atoms with Gasteiger partial charge < -0.3 is 0 Å². The maximum Gasteiger partial charge on any atom is -0.0116 e. The fourth-order valence-corrected chi connectivity index (χ4v) is 1.01. The van der Waals surface area contributed by atoms with Gasteiger partial charge in [-0.05, 0) is 29.7 Å². The van der Waals surface area contributed by atoms with E-state index in [0.717, 1.165) is 12.0 Å². The minimum absolute atomic E-state index is 1.08. The summed E-state index contributed by atoms with van der Waals surface area (Å²) in [6.45, 7) is 2.15. The molecule has 0 amide bonds. The summed E-state index contributed by atoms with van der Waals surface area (Å²) in [5.74, 6) is 2.46. The summed E-state index contributed by atoms with van der Waals surface area (Å²) in [5, 5.41) is 0. The molecule has 0 radical (unpaired) electrons. The number of rotatable bonds is 2. The van der Waals surface area contributed by atoms with Gasteiger partial charge >= 0.3 is 0 Å². The van der Waals surface area contributed by atoms with E-state index < -0.39 is 0 Å². The monoisotopic (exact) mass is 156 g/mol. The SMILES string of the molecule is C#CC=Cc1ccc(CC)cc1. The normalized spacial score (nSPS) is 10.0. The Labute approximate surface area is 73.9 Å². The van der Waals surface area contributed by atoms with Crippen LogP contribution < -0.4 is 0 Å². The maximum absolute atomic E-state index is 5.10. The van der Waals surface area contributed by atoms with Crippen LogP contribution in [0.1, 0.15) is 18.1 Å². The topological polar surface area (TPSA) is 0 Å².